The first-order chi connectivity index (χ1) is 20.2. The van der Waals surface area contributed by atoms with Gasteiger partial charge in [0.25, 0.3) is 0 Å². The molecule has 2 aliphatic carbocycles. The molecule has 0 bridgehead atoms. The molecule has 5 heterocycles. The molecule has 3 atom stereocenters. The fourth-order valence-corrected chi connectivity index (χ4v) is 5.68. The number of rotatable bonds is 8. The van der Waals surface area contributed by atoms with E-state index in [1.54, 1.807) is 24.1 Å². The summed E-state index contributed by atoms with van der Waals surface area (Å²) in [5, 5.41) is 6.38. The van der Waals surface area contributed by atoms with Gasteiger partial charge in [-0.1, -0.05) is 0 Å². The number of fused-ring (bicyclic) bond motifs is 1. The van der Waals surface area contributed by atoms with Crippen LogP contribution in [0.15, 0.2) is 36.8 Å². The molecular formula is C30H34N10O2. The maximum atomic E-state index is 13.0. The molecular weight excluding hydrogens is 532 g/mol. The highest BCUT2D eigenvalue weighted by atomic mass is 16.2. The Morgan fingerprint density at radius 1 is 1.05 bits per heavy atom. The second-order valence-corrected chi connectivity index (χ2v) is 11.7. The van der Waals surface area contributed by atoms with Crippen molar-refractivity contribution in [2.75, 3.05) is 35.7 Å². The Bertz CT molecular complexity index is 1710. The summed E-state index contributed by atoms with van der Waals surface area (Å²) in [5.41, 5.74) is 4.57. The van der Waals surface area contributed by atoms with Crippen LogP contribution >= 0.6 is 0 Å². The van der Waals surface area contributed by atoms with Crippen molar-refractivity contribution in [1.29, 1.82) is 0 Å². The summed E-state index contributed by atoms with van der Waals surface area (Å²) in [4.78, 5) is 52.2. The maximum Gasteiger partial charge on any atom is 0.324 e. The Morgan fingerprint density at radius 3 is 2.60 bits per heavy atom. The molecule has 7 rings (SSSR count). The van der Waals surface area contributed by atoms with Crippen LogP contribution in [0.5, 0.6) is 0 Å². The van der Waals surface area contributed by atoms with E-state index in [9.17, 15) is 9.59 Å². The molecule has 2 saturated carbocycles. The van der Waals surface area contributed by atoms with Gasteiger partial charge in [-0.05, 0) is 63.6 Å². The Morgan fingerprint density at radius 2 is 1.86 bits per heavy atom. The third-order valence-corrected chi connectivity index (χ3v) is 8.30. The number of anilines is 3. The van der Waals surface area contributed by atoms with Crippen molar-refractivity contribution in [1.82, 2.24) is 34.2 Å². The van der Waals surface area contributed by atoms with Crippen molar-refractivity contribution < 1.29 is 9.59 Å². The maximum absolute atomic E-state index is 13.0. The minimum atomic E-state index is -0.191. The van der Waals surface area contributed by atoms with E-state index in [1.165, 1.54) is 18.4 Å². The summed E-state index contributed by atoms with van der Waals surface area (Å²) in [6.45, 7) is 7.07. The molecule has 0 radical (unpaired) electrons. The van der Waals surface area contributed by atoms with Crippen molar-refractivity contribution in [3.8, 4) is 0 Å². The molecule has 0 aromatic carbocycles. The Hall–Kier alpha value is -4.61. The van der Waals surface area contributed by atoms with Crippen LogP contribution in [-0.4, -0.2) is 66.3 Å². The monoisotopic (exact) mass is 566 g/mol. The van der Waals surface area contributed by atoms with Gasteiger partial charge in [0.2, 0.25) is 5.91 Å². The number of hydrogen-bond donors (Lipinski definition) is 2. The highest BCUT2D eigenvalue weighted by Crippen LogP contribution is 2.46. The Kier molecular flexibility index (Phi) is 6.28. The highest BCUT2D eigenvalue weighted by molar-refractivity contribution is 5.97. The lowest BCUT2D eigenvalue weighted by atomic mass is 10.1. The molecule has 216 valence electrons. The van der Waals surface area contributed by atoms with Crippen LogP contribution in [0.4, 0.5) is 22.1 Å². The molecule has 1 saturated heterocycles. The SMILES string of the molecule is Cc1ccnc([C@H]2C[C@@H]2C(=O)Nc2cc(NC(C)c3cn4cc(C5CC5)cc(N5CCN(C)C5=O)c4n3)nc(C)n2)n1. The average Bonchev–Trinajstić information content (AvgIpc) is 3.87. The number of carbonyl (C=O) groups is 2. The van der Waals surface area contributed by atoms with Gasteiger partial charge < -0.3 is 19.9 Å². The number of pyridine rings is 1. The second kappa shape index (κ2) is 10.0. The zero-order valence-electron chi connectivity index (χ0n) is 24.2. The summed E-state index contributed by atoms with van der Waals surface area (Å²) >= 11 is 0. The van der Waals surface area contributed by atoms with Gasteiger partial charge >= 0.3 is 6.03 Å². The van der Waals surface area contributed by atoms with Crippen molar-refractivity contribution in [3.05, 3.63) is 65.4 Å². The summed E-state index contributed by atoms with van der Waals surface area (Å²) < 4.78 is 2.04. The van der Waals surface area contributed by atoms with Crippen LogP contribution in [-0.2, 0) is 4.79 Å². The topological polar surface area (TPSA) is 134 Å². The number of carbonyl (C=O) groups excluding carboxylic acids is 2. The number of nitrogens with zero attached hydrogens (tertiary/aromatic N) is 8. The standard InChI is InChI=1S/C30H34N10O2/c1-16-7-8-31-27(32-16)21-12-22(21)29(41)37-26-13-25(34-18(3)35-26)33-17(2)23-15-39-14-20(19-5-6-19)11-24(28(39)36-23)40-10-9-38(4)30(40)42/h7-8,11,13-15,17,19,21-22H,5-6,9-10,12H2,1-4H3,(H2,33,34,35,37,41)/t17?,21-,22-/m0/s1. The van der Waals surface area contributed by atoms with Gasteiger partial charge in [0.1, 0.15) is 23.3 Å². The van der Waals surface area contributed by atoms with Crippen LogP contribution in [0.1, 0.15) is 72.7 Å². The molecule has 4 aromatic rings. The lowest BCUT2D eigenvalue weighted by molar-refractivity contribution is -0.117. The number of urea groups is 1. The van der Waals surface area contributed by atoms with Crippen molar-refractivity contribution in [2.45, 2.75) is 57.9 Å². The van der Waals surface area contributed by atoms with E-state index in [1.807, 2.05) is 42.5 Å². The predicted molar refractivity (Wildman–Crippen MR) is 158 cm³/mol. The molecule has 42 heavy (non-hydrogen) atoms. The van der Waals surface area contributed by atoms with Gasteiger partial charge in [-0.2, -0.15) is 0 Å². The van der Waals surface area contributed by atoms with Gasteiger partial charge in [0.15, 0.2) is 5.65 Å². The molecule has 1 aliphatic heterocycles. The first kappa shape index (κ1) is 26.3. The number of amides is 3. The Balaban J connectivity index is 1.09. The fourth-order valence-electron chi connectivity index (χ4n) is 5.68. The molecule has 4 aromatic heterocycles. The highest BCUT2D eigenvalue weighted by Gasteiger charge is 2.46. The van der Waals surface area contributed by atoms with Gasteiger partial charge in [-0.3, -0.25) is 9.69 Å². The lowest BCUT2D eigenvalue weighted by Gasteiger charge is -2.18. The van der Waals surface area contributed by atoms with Crippen LogP contribution in [0.2, 0.25) is 0 Å². The number of aryl methyl sites for hydroxylation is 2. The summed E-state index contributed by atoms with van der Waals surface area (Å²) in [7, 11) is 1.83. The number of nitrogens with one attached hydrogen (secondary N) is 2. The smallest absolute Gasteiger partial charge is 0.324 e. The van der Waals surface area contributed by atoms with Crippen LogP contribution in [0.3, 0.4) is 0 Å². The number of imidazole rings is 1. The van der Waals surface area contributed by atoms with Gasteiger partial charge in [0.05, 0.1) is 17.4 Å². The third-order valence-electron chi connectivity index (χ3n) is 8.30. The molecule has 2 N–H and O–H groups in total. The Labute approximate surface area is 243 Å². The summed E-state index contributed by atoms with van der Waals surface area (Å²) in [5.74, 6) is 2.59. The van der Waals surface area contributed by atoms with Crippen molar-refractivity contribution >= 4 is 34.9 Å². The van der Waals surface area contributed by atoms with Crippen LogP contribution in [0.25, 0.3) is 5.65 Å². The molecule has 0 spiro atoms. The van der Waals surface area contributed by atoms with Gasteiger partial charge in [-0.15, -0.1) is 0 Å². The molecule has 12 nitrogen and oxygen atoms in total. The number of hydrogen-bond acceptors (Lipinski definition) is 8. The molecule has 12 heteroatoms. The third kappa shape index (κ3) is 5.01. The number of likely N-dealkylation sites (N-methyl/N-ethyl adjacent to an activating group) is 1. The van der Waals surface area contributed by atoms with E-state index < -0.39 is 0 Å². The van der Waals surface area contributed by atoms with E-state index in [0.717, 1.165) is 29.1 Å². The largest absolute Gasteiger partial charge is 0.362 e. The normalized spacial score (nSPS) is 20.7. The van der Waals surface area contributed by atoms with E-state index in [-0.39, 0.29) is 29.8 Å². The zero-order valence-corrected chi connectivity index (χ0v) is 24.2. The van der Waals surface area contributed by atoms with E-state index in [2.05, 4.69) is 42.8 Å². The van der Waals surface area contributed by atoms with E-state index >= 15 is 0 Å². The average molecular weight is 567 g/mol. The van der Waals surface area contributed by atoms with Crippen LogP contribution in [0, 0.1) is 19.8 Å². The lowest BCUT2D eigenvalue weighted by Crippen LogP contribution is -2.29. The molecule has 3 fully saturated rings. The quantitative estimate of drug-likeness (QED) is 0.324. The molecule has 1 unspecified atom stereocenters. The van der Waals surface area contributed by atoms with Crippen molar-refractivity contribution in [3.63, 3.8) is 0 Å². The van der Waals surface area contributed by atoms with Gasteiger partial charge in [-0.25, -0.2) is 29.7 Å². The minimum absolute atomic E-state index is 0.00413. The minimum Gasteiger partial charge on any atom is -0.362 e. The van der Waals surface area contributed by atoms with Crippen molar-refractivity contribution in [2.24, 2.45) is 5.92 Å². The number of aromatic nitrogens is 6. The first-order valence-electron chi connectivity index (χ1n) is 14.5. The summed E-state index contributed by atoms with van der Waals surface area (Å²) in [6, 6.07) is 5.53. The fraction of sp³-hybridized carbons (Fsp3) is 0.433. The van der Waals surface area contributed by atoms with Crippen LogP contribution < -0.4 is 15.5 Å². The first-order valence-corrected chi connectivity index (χ1v) is 14.5. The second-order valence-electron chi connectivity index (χ2n) is 11.7. The predicted octanol–water partition coefficient (Wildman–Crippen LogP) is 4.20. The summed E-state index contributed by atoms with van der Waals surface area (Å²) in [6.07, 6.45) is 8.96. The molecule has 3 amide bonds. The zero-order chi connectivity index (χ0) is 29.1. The van der Waals surface area contributed by atoms with Gasteiger partial charge in [0, 0.05) is 62.3 Å². The molecule has 3 aliphatic rings. The van der Waals surface area contributed by atoms with E-state index in [4.69, 9.17) is 4.98 Å². The van der Waals surface area contributed by atoms with E-state index in [0.29, 0.717) is 42.3 Å².